The van der Waals surface area contributed by atoms with Gasteiger partial charge in [-0.05, 0) is 43.9 Å². The molecule has 1 aromatic rings. The molecule has 0 aromatic carbocycles. The van der Waals surface area contributed by atoms with Crippen molar-refractivity contribution in [2.24, 2.45) is 11.7 Å². The summed E-state index contributed by atoms with van der Waals surface area (Å²) in [6.45, 7) is 6.44. The second-order valence-corrected chi connectivity index (χ2v) is 6.71. The van der Waals surface area contributed by atoms with Gasteiger partial charge in [0, 0.05) is 19.7 Å². The molecular formula is C18H30ClN3O4. The number of likely N-dealkylation sites (tertiary alicyclic amines) is 1. The molecule has 0 spiro atoms. The Hall–Kier alpha value is -1.57. The van der Waals surface area contributed by atoms with E-state index in [4.69, 9.17) is 14.9 Å². The molecule has 1 fully saturated rings. The molecule has 1 unspecified atom stereocenters. The van der Waals surface area contributed by atoms with Crippen LogP contribution in [0.3, 0.4) is 0 Å². The van der Waals surface area contributed by atoms with Crippen LogP contribution in [-0.4, -0.2) is 55.1 Å². The Morgan fingerprint density at radius 1 is 1.38 bits per heavy atom. The van der Waals surface area contributed by atoms with E-state index >= 15 is 0 Å². The number of halogens is 1. The molecule has 3 N–H and O–H groups in total. The zero-order chi connectivity index (χ0) is 18.2. The van der Waals surface area contributed by atoms with Crippen LogP contribution in [0.1, 0.15) is 43.7 Å². The number of carbonyl (C=O) groups excluding carboxylic acids is 2. The lowest BCUT2D eigenvalue weighted by Crippen LogP contribution is -2.53. The third-order valence-electron chi connectivity index (χ3n) is 4.42. The number of carbonyl (C=O) groups is 2. The number of ether oxygens (including phenoxy) is 1. The number of piperidine rings is 1. The lowest BCUT2D eigenvalue weighted by atomic mass is 10.00. The first-order chi connectivity index (χ1) is 12.0. The number of hydrogen-bond donors (Lipinski definition) is 2. The van der Waals surface area contributed by atoms with Gasteiger partial charge in [-0.15, -0.1) is 12.4 Å². The number of nitrogens with two attached hydrogens (primary N) is 1. The average molecular weight is 388 g/mol. The Bertz CT molecular complexity index is 543. The van der Waals surface area contributed by atoms with Crippen LogP contribution in [0.15, 0.2) is 22.8 Å². The minimum atomic E-state index is -0.563. The Kier molecular flexibility index (Phi) is 9.69. The fourth-order valence-corrected chi connectivity index (χ4v) is 2.91. The number of nitrogens with zero attached hydrogens (tertiary/aromatic N) is 1. The van der Waals surface area contributed by atoms with Gasteiger partial charge in [0.15, 0.2) is 5.76 Å². The molecule has 0 saturated carbocycles. The molecule has 0 aliphatic carbocycles. The molecule has 8 heteroatoms. The van der Waals surface area contributed by atoms with Gasteiger partial charge in [0.1, 0.15) is 6.04 Å². The van der Waals surface area contributed by atoms with E-state index in [0.29, 0.717) is 26.2 Å². The van der Waals surface area contributed by atoms with Crippen molar-refractivity contribution >= 4 is 24.2 Å². The van der Waals surface area contributed by atoms with E-state index in [9.17, 15) is 9.59 Å². The van der Waals surface area contributed by atoms with Gasteiger partial charge in [-0.3, -0.25) is 9.59 Å². The Balaban J connectivity index is 0.00000338. The fourth-order valence-electron chi connectivity index (χ4n) is 2.91. The second kappa shape index (κ2) is 11.2. The number of rotatable bonds is 8. The van der Waals surface area contributed by atoms with Crippen LogP contribution in [-0.2, 0) is 9.53 Å². The molecule has 0 bridgehead atoms. The molecular weight excluding hydrogens is 358 g/mol. The third-order valence-corrected chi connectivity index (χ3v) is 4.42. The summed E-state index contributed by atoms with van der Waals surface area (Å²) >= 11 is 0. The number of furan rings is 1. The van der Waals surface area contributed by atoms with E-state index in [-0.39, 0.29) is 42.0 Å². The average Bonchev–Trinajstić information content (AvgIpc) is 3.14. The lowest BCUT2D eigenvalue weighted by molar-refractivity contribution is -0.137. The number of amides is 2. The molecule has 1 aromatic heterocycles. The van der Waals surface area contributed by atoms with Gasteiger partial charge in [-0.2, -0.15) is 0 Å². The highest BCUT2D eigenvalue weighted by atomic mass is 35.5. The van der Waals surface area contributed by atoms with Gasteiger partial charge in [-0.25, -0.2) is 0 Å². The predicted octanol–water partition coefficient (Wildman–Crippen LogP) is 1.81. The topological polar surface area (TPSA) is 97.8 Å². The maximum absolute atomic E-state index is 12.8. The summed E-state index contributed by atoms with van der Waals surface area (Å²) in [6, 6.07) is 2.67. The maximum Gasteiger partial charge on any atom is 0.287 e. The monoisotopic (exact) mass is 387 g/mol. The van der Waals surface area contributed by atoms with Crippen molar-refractivity contribution in [2.75, 3.05) is 26.2 Å². The highest BCUT2D eigenvalue weighted by Crippen LogP contribution is 2.17. The molecule has 1 saturated heterocycles. The van der Waals surface area contributed by atoms with E-state index in [0.717, 1.165) is 19.3 Å². The molecule has 1 aliphatic rings. The summed E-state index contributed by atoms with van der Waals surface area (Å²) < 4.78 is 10.9. The standard InChI is InChI=1S/C18H29N3O4.ClH/c1-13(2)16(20-17(22)15-5-3-11-25-15)18(23)21-9-6-14(7-10-21)24-12-4-8-19;/h3,5,11,13-14,16H,4,6-10,12,19H2,1-2H3,(H,20,22);1H. The zero-order valence-corrected chi connectivity index (χ0v) is 16.3. The van der Waals surface area contributed by atoms with Gasteiger partial charge in [0.25, 0.3) is 5.91 Å². The van der Waals surface area contributed by atoms with E-state index in [1.165, 1.54) is 6.26 Å². The minimum Gasteiger partial charge on any atom is -0.459 e. The van der Waals surface area contributed by atoms with Gasteiger partial charge in [-0.1, -0.05) is 13.8 Å². The predicted molar refractivity (Wildman–Crippen MR) is 101 cm³/mol. The Morgan fingerprint density at radius 3 is 2.62 bits per heavy atom. The van der Waals surface area contributed by atoms with Crippen molar-refractivity contribution < 1.29 is 18.7 Å². The molecule has 2 heterocycles. The highest BCUT2D eigenvalue weighted by molar-refractivity contribution is 5.95. The van der Waals surface area contributed by atoms with Crippen molar-refractivity contribution in [1.29, 1.82) is 0 Å². The van der Waals surface area contributed by atoms with Crippen LogP contribution >= 0.6 is 12.4 Å². The molecule has 1 atom stereocenters. The van der Waals surface area contributed by atoms with Crippen LogP contribution in [0, 0.1) is 5.92 Å². The van der Waals surface area contributed by atoms with Crippen LogP contribution in [0.4, 0.5) is 0 Å². The van der Waals surface area contributed by atoms with Crippen molar-refractivity contribution in [3.8, 4) is 0 Å². The first kappa shape index (κ1) is 22.5. The van der Waals surface area contributed by atoms with Crippen LogP contribution in [0.25, 0.3) is 0 Å². The highest BCUT2D eigenvalue weighted by Gasteiger charge is 2.32. The molecule has 0 radical (unpaired) electrons. The van der Waals surface area contributed by atoms with E-state index < -0.39 is 6.04 Å². The molecule has 2 rings (SSSR count). The largest absolute Gasteiger partial charge is 0.459 e. The van der Waals surface area contributed by atoms with E-state index in [1.54, 1.807) is 12.1 Å². The number of nitrogens with one attached hydrogen (secondary N) is 1. The van der Waals surface area contributed by atoms with Crippen LogP contribution in [0.2, 0.25) is 0 Å². The van der Waals surface area contributed by atoms with Crippen molar-refractivity contribution in [1.82, 2.24) is 10.2 Å². The minimum absolute atomic E-state index is 0. The first-order valence-corrected chi connectivity index (χ1v) is 8.97. The van der Waals surface area contributed by atoms with Gasteiger partial charge < -0.3 is 25.1 Å². The smallest absolute Gasteiger partial charge is 0.287 e. The normalized spacial score (nSPS) is 16.2. The van der Waals surface area contributed by atoms with Gasteiger partial charge in [0.2, 0.25) is 5.91 Å². The lowest BCUT2D eigenvalue weighted by Gasteiger charge is -2.35. The Labute approximate surface area is 161 Å². The van der Waals surface area contributed by atoms with Crippen LogP contribution in [0.5, 0.6) is 0 Å². The van der Waals surface area contributed by atoms with Crippen molar-refractivity contribution in [2.45, 2.75) is 45.3 Å². The van der Waals surface area contributed by atoms with Gasteiger partial charge >= 0.3 is 0 Å². The van der Waals surface area contributed by atoms with Gasteiger partial charge in [0.05, 0.1) is 12.4 Å². The number of hydrogen-bond acceptors (Lipinski definition) is 5. The third kappa shape index (κ3) is 6.30. The first-order valence-electron chi connectivity index (χ1n) is 8.97. The fraction of sp³-hybridized carbons (Fsp3) is 0.667. The van der Waals surface area contributed by atoms with Crippen molar-refractivity contribution in [3.63, 3.8) is 0 Å². The molecule has 7 nitrogen and oxygen atoms in total. The molecule has 26 heavy (non-hydrogen) atoms. The summed E-state index contributed by atoms with van der Waals surface area (Å²) in [6.07, 6.45) is 4.11. The zero-order valence-electron chi connectivity index (χ0n) is 15.5. The molecule has 148 valence electrons. The Morgan fingerprint density at radius 2 is 2.08 bits per heavy atom. The van der Waals surface area contributed by atoms with E-state index in [1.807, 2.05) is 18.7 Å². The molecule has 2 amide bonds. The summed E-state index contributed by atoms with van der Waals surface area (Å²) in [5.41, 5.74) is 5.47. The van der Waals surface area contributed by atoms with E-state index in [2.05, 4.69) is 5.32 Å². The summed E-state index contributed by atoms with van der Waals surface area (Å²) in [7, 11) is 0. The van der Waals surface area contributed by atoms with Crippen molar-refractivity contribution in [3.05, 3.63) is 24.2 Å². The summed E-state index contributed by atoms with van der Waals surface area (Å²) in [4.78, 5) is 26.9. The SMILES string of the molecule is CC(C)C(NC(=O)c1ccco1)C(=O)N1CCC(OCCCN)CC1.Cl. The quantitative estimate of drug-likeness (QED) is 0.663. The maximum atomic E-state index is 12.8. The summed E-state index contributed by atoms with van der Waals surface area (Å²) in [5, 5.41) is 2.80. The summed E-state index contributed by atoms with van der Waals surface area (Å²) in [5.74, 6) is -0.206. The second-order valence-electron chi connectivity index (χ2n) is 6.71. The molecule has 1 aliphatic heterocycles. The van der Waals surface area contributed by atoms with Crippen LogP contribution < -0.4 is 11.1 Å².